The van der Waals surface area contributed by atoms with E-state index in [-0.39, 0.29) is 0 Å². The van der Waals surface area contributed by atoms with Crippen molar-refractivity contribution in [2.24, 2.45) is 0 Å². The third kappa shape index (κ3) is 3.17. The first-order chi connectivity index (χ1) is 11.4. The molecule has 2 aromatic heterocycles. The summed E-state index contributed by atoms with van der Waals surface area (Å²) in [6.45, 7) is 3.06. The molecule has 0 unspecified atom stereocenters. The van der Waals surface area contributed by atoms with E-state index in [2.05, 4.69) is 44.3 Å². The molecule has 4 rings (SSSR count). The topological polar surface area (TPSA) is 51.8 Å². The Balaban J connectivity index is 1.42. The zero-order valence-corrected chi connectivity index (χ0v) is 13.0. The van der Waals surface area contributed by atoms with E-state index in [0.29, 0.717) is 6.04 Å². The fraction of sp³-hybridized carbons (Fsp3) is 0.353. The lowest BCUT2D eigenvalue weighted by molar-refractivity contribution is 0.219. The number of hydrogen-bond donors (Lipinski definition) is 0. The average molecular weight is 308 g/mol. The van der Waals surface area contributed by atoms with Gasteiger partial charge in [-0.3, -0.25) is 9.58 Å². The molecule has 0 aliphatic carbocycles. The Bertz CT molecular complexity index is 717. The lowest BCUT2D eigenvalue weighted by Gasteiger charge is -2.24. The molecule has 0 N–H and O–H groups in total. The van der Waals surface area contributed by atoms with Crippen molar-refractivity contribution in [2.45, 2.75) is 32.0 Å². The van der Waals surface area contributed by atoms with Gasteiger partial charge in [0.1, 0.15) is 12.7 Å². The van der Waals surface area contributed by atoms with Crippen LogP contribution in [0.25, 0.3) is 5.69 Å². The van der Waals surface area contributed by atoms with Gasteiger partial charge in [0.2, 0.25) is 0 Å². The van der Waals surface area contributed by atoms with Crippen LogP contribution in [0.1, 0.15) is 18.4 Å². The second kappa shape index (κ2) is 6.34. The highest BCUT2D eigenvalue weighted by atomic mass is 15.3. The van der Waals surface area contributed by atoms with Crippen molar-refractivity contribution in [1.82, 2.24) is 29.4 Å². The van der Waals surface area contributed by atoms with Gasteiger partial charge >= 0.3 is 0 Å². The molecule has 1 aliphatic heterocycles. The molecule has 6 nitrogen and oxygen atoms in total. The van der Waals surface area contributed by atoms with Crippen LogP contribution >= 0.6 is 0 Å². The lowest BCUT2D eigenvalue weighted by Crippen LogP contribution is -2.32. The Kier molecular flexibility index (Phi) is 3.90. The van der Waals surface area contributed by atoms with Gasteiger partial charge in [0, 0.05) is 25.0 Å². The predicted molar refractivity (Wildman–Crippen MR) is 87.0 cm³/mol. The number of nitrogens with zero attached hydrogens (tertiary/aromatic N) is 6. The van der Waals surface area contributed by atoms with Gasteiger partial charge in [0.25, 0.3) is 0 Å². The monoisotopic (exact) mass is 308 g/mol. The highest BCUT2D eigenvalue weighted by Gasteiger charge is 2.24. The van der Waals surface area contributed by atoms with Gasteiger partial charge in [0.05, 0.1) is 12.2 Å². The first kappa shape index (κ1) is 14.1. The van der Waals surface area contributed by atoms with E-state index < -0.39 is 0 Å². The molecule has 1 atom stereocenters. The van der Waals surface area contributed by atoms with Gasteiger partial charge in [-0.1, -0.05) is 12.1 Å². The van der Waals surface area contributed by atoms with Crippen molar-refractivity contribution < 1.29 is 0 Å². The minimum absolute atomic E-state index is 0.544. The third-order valence-corrected chi connectivity index (χ3v) is 4.45. The summed E-state index contributed by atoms with van der Waals surface area (Å²) in [6.07, 6.45) is 9.65. The summed E-state index contributed by atoms with van der Waals surface area (Å²) in [7, 11) is 0. The Morgan fingerprint density at radius 2 is 2.04 bits per heavy atom. The van der Waals surface area contributed by atoms with Crippen LogP contribution in [-0.4, -0.2) is 42.0 Å². The minimum atomic E-state index is 0.544. The molecule has 1 saturated heterocycles. The maximum Gasteiger partial charge on any atom is 0.137 e. The summed E-state index contributed by atoms with van der Waals surface area (Å²) in [5.41, 5.74) is 2.44. The predicted octanol–water partition coefficient (Wildman–Crippen LogP) is 2.13. The van der Waals surface area contributed by atoms with Crippen LogP contribution in [0.4, 0.5) is 0 Å². The number of aromatic nitrogens is 5. The molecule has 0 amide bonds. The molecule has 0 saturated carbocycles. The summed E-state index contributed by atoms with van der Waals surface area (Å²) in [4.78, 5) is 6.58. The summed E-state index contributed by atoms with van der Waals surface area (Å²) in [5, 5.41) is 8.49. The quantitative estimate of drug-likeness (QED) is 0.724. The van der Waals surface area contributed by atoms with Gasteiger partial charge in [-0.25, -0.2) is 9.67 Å². The molecule has 23 heavy (non-hydrogen) atoms. The van der Waals surface area contributed by atoms with Crippen LogP contribution in [0.5, 0.6) is 0 Å². The van der Waals surface area contributed by atoms with Crippen molar-refractivity contribution in [3.05, 3.63) is 60.9 Å². The van der Waals surface area contributed by atoms with E-state index in [9.17, 15) is 0 Å². The molecule has 3 aromatic rings. The zero-order chi connectivity index (χ0) is 15.5. The van der Waals surface area contributed by atoms with E-state index >= 15 is 0 Å². The number of rotatable bonds is 5. The van der Waals surface area contributed by atoms with Crippen LogP contribution in [0.3, 0.4) is 0 Å². The number of likely N-dealkylation sites (tertiary alicyclic amines) is 1. The fourth-order valence-corrected chi connectivity index (χ4v) is 3.26. The van der Waals surface area contributed by atoms with E-state index in [0.717, 1.165) is 25.3 Å². The molecule has 3 heterocycles. The Morgan fingerprint density at radius 1 is 1.13 bits per heavy atom. The summed E-state index contributed by atoms with van der Waals surface area (Å²) >= 11 is 0. The SMILES string of the molecule is c1cnn(-c2ccc(CN3CCC[C@@H]3Cn3cncn3)cc2)c1. The van der Waals surface area contributed by atoms with Crippen LogP contribution < -0.4 is 0 Å². The van der Waals surface area contributed by atoms with Crippen molar-refractivity contribution in [3.8, 4) is 5.69 Å². The largest absolute Gasteiger partial charge is 0.294 e. The lowest BCUT2D eigenvalue weighted by atomic mass is 10.1. The number of hydrogen-bond acceptors (Lipinski definition) is 4. The van der Waals surface area contributed by atoms with Gasteiger partial charge in [-0.15, -0.1) is 0 Å². The van der Waals surface area contributed by atoms with Crippen LogP contribution in [0, 0.1) is 0 Å². The van der Waals surface area contributed by atoms with Crippen molar-refractivity contribution in [2.75, 3.05) is 6.54 Å². The molecular formula is C17H20N6. The second-order valence-corrected chi connectivity index (χ2v) is 6.00. The second-order valence-electron chi connectivity index (χ2n) is 6.00. The molecule has 0 bridgehead atoms. The molecular weight excluding hydrogens is 288 g/mol. The zero-order valence-electron chi connectivity index (χ0n) is 13.0. The van der Waals surface area contributed by atoms with Crippen molar-refractivity contribution in [1.29, 1.82) is 0 Å². The normalized spacial score (nSPS) is 18.5. The standard InChI is InChI=1S/C17H20N6/c1-3-17(12-22-14-18-13-20-22)21(9-1)11-15-4-6-16(7-5-15)23-10-2-8-19-23/h2,4-8,10,13-14,17H,1,3,9,11-12H2/t17-/m1/s1. The van der Waals surface area contributed by atoms with Crippen LogP contribution in [0.2, 0.25) is 0 Å². The first-order valence-corrected chi connectivity index (χ1v) is 8.04. The Labute approximate surface area is 135 Å². The maximum atomic E-state index is 4.26. The summed E-state index contributed by atoms with van der Waals surface area (Å²) < 4.78 is 3.82. The Hall–Kier alpha value is -2.47. The summed E-state index contributed by atoms with van der Waals surface area (Å²) in [6, 6.07) is 11.1. The first-order valence-electron chi connectivity index (χ1n) is 8.04. The highest BCUT2D eigenvalue weighted by Crippen LogP contribution is 2.21. The minimum Gasteiger partial charge on any atom is -0.294 e. The molecule has 1 fully saturated rings. The molecule has 0 radical (unpaired) electrons. The van der Waals surface area contributed by atoms with Crippen LogP contribution in [-0.2, 0) is 13.1 Å². The summed E-state index contributed by atoms with van der Waals surface area (Å²) in [5.74, 6) is 0. The fourth-order valence-electron chi connectivity index (χ4n) is 3.26. The smallest absolute Gasteiger partial charge is 0.137 e. The maximum absolute atomic E-state index is 4.26. The van der Waals surface area contributed by atoms with Gasteiger partial charge in [0.15, 0.2) is 0 Å². The van der Waals surface area contributed by atoms with Crippen LogP contribution in [0.15, 0.2) is 55.4 Å². The molecule has 1 aliphatic rings. The molecule has 0 spiro atoms. The van der Waals surface area contributed by atoms with E-state index in [1.807, 2.05) is 21.6 Å². The van der Waals surface area contributed by atoms with E-state index in [1.165, 1.54) is 18.4 Å². The van der Waals surface area contributed by atoms with Gasteiger partial charge < -0.3 is 0 Å². The highest BCUT2D eigenvalue weighted by molar-refractivity contribution is 5.33. The van der Waals surface area contributed by atoms with Gasteiger partial charge in [-0.2, -0.15) is 10.2 Å². The molecule has 1 aromatic carbocycles. The Morgan fingerprint density at radius 3 is 2.78 bits per heavy atom. The molecule has 6 heteroatoms. The number of benzene rings is 1. The van der Waals surface area contributed by atoms with Crippen molar-refractivity contribution >= 4 is 0 Å². The average Bonchev–Trinajstić information content (AvgIpc) is 3.32. The third-order valence-electron chi connectivity index (χ3n) is 4.45. The van der Waals surface area contributed by atoms with Gasteiger partial charge in [-0.05, 0) is 43.1 Å². The van der Waals surface area contributed by atoms with E-state index in [4.69, 9.17) is 0 Å². The van der Waals surface area contributed by atoms with E-state index in [1.54, 1.807) is 18.9 Å². The molecule has 118 valence electrons. The van der Waals surface area contributed by atoms with Crippen molar-refractivity contribution in [3.63, 3.8) is 0 Å².